The van der Waals surface area contributed by atoms with Crippen molar-refractivity contribution >= 4 is 23.2 Å². The van der Waals surface area contributed by atoms with Gasteiger partial charge < -0.3 is 20.3 Å². The van der Waals surface area contributed by atoms with Crippen LogP contribution in [0.2, 0.25) is 0 Å². The molecule has 0 spiro atoms. The maximum Gasteiger partial charge on any atom is 0.287 e. The van der Waals surface area contributed by atoms with E-state index < -0.39 is 6.04 Å². The summed E-state index contributed by atoms with van der Waals surface area (Å²) in [5.41, 5.74) is 3.34. The number of hydrogen-bond donors (Lipinski definition) is 3. The minimum Gasteiger partial charge on any atom is -0.497 e. The topological polar surface area (TPSA) is 71.9 Å². The average Bonchev–Trinajstić information content (AvgIpc) is 2.76. The molecule has 160 valence electrons. The lowest BCUT2D eigenvalue weighted by atomic mass is 10.0. The molecule has 0 heterocycles. The molecule has 3 aromatic rings. The Bertz CT molecular complexity index is 1020. The first-order valence-corrected chi connectivity index (χ1v) is 10.1. The molecular weight excluding hydrogens is 390 g/mol. The molecule has 0 aliphatic carbocycles. The van der Waals surface area contributed by atoms with Crippen LogP contribution in [0.15, 0.2) is 78.9 Å². The molecule has 6 heteroatoms. The van der Waals surface area contributed by atoms with E-state index in [1.54, 1.807) is 13.2 Å². The SMILES string of the molecule is COc1cccc(NC(=O)[C@H](c2ccccc2)[NH+](C)CC(=O)Nc2ccc(C)cc2)c1. The van der Waals surface area contributed by atoms with Gasteiger partial charge in [-0.2, -0.15) is 0 Å². The summed E-state index contributed by atoms with van der Waals surface area (Å²) in [5, 5.41) is 5.86. The summed E-state index contributed by atoms with van der Waals surface area (Å²) >= 11 is 0. The van der Waals surface area contributed by atoms with Gasteiger partial charge in [-0.1, -0.05) is 54.1 Å². The summed E-state index contributed by atoms with van der Waals surface area (Å²) in [6.07, 6.45) is 0. The van der Waals surface area contributed by atoms with Crippen LogP contribution in [0.5, 0.6) is 5.75 Å². The van der Waals surface area contributed by atoms with Crippen molar-refractivity contribution in [3.05, 3.63) is 90.0 Å². The normalized spacial score (nSPS) is 12.5. The second kappa shape index (κ2) is 10.4. The molecule has 0 saturated heterocycles. The number of nitrogens with one attached hydrogen (secondary N) is 3. The largest absolute Gasteiger partial charge is 0.497 e. The second-order valence-corrected chi connectivity index (χ2v) is 7.50. The Hall–Kier alpha value is -3.64. The summed E-state index contributed by atoms with van der Waals surface area (Å²) in [6, 6.07) is 23.8. The van der Waals surface area contributed by atoms with E-state index in [1.165, 1.54) is 0 Å². The van der Waals surface area contributed by atoms with Crippen LogP contribution < -0.4 is 20.3 Å². The number of amides is 2. The van der Waals surface area contributed by atoms with Gasteiger partial charge >= 0.3 is 0 Å². The molecule has 0 saturated carbocycles. The van der Waals surface area contributed by atoms with E-state index in [4.69, 9.17) is 4.74 Å². The number of ether oxygens (including phenoxy) is 1. The summed E-state index contributed by atoms with van der Waals surface area (Å²) in [6.45, 7) is 2.13. The lowest BCUT2D eigenvalue weighted by molar-refractivity contribution is -0.893. The number of quaternary nitrogens is 1. The number of aryl methyl sites for hydroxylation is 1. The smallest absolute Gasteiger partial charge is 0.287 e. The van der Waals surface area contributed by atoms with Crippen molar-refractivity contribution in [3.63, 3.8) is 0 Å². The van der Waals surface area contributed by atoms with E-state index in [2.05, 4.69) is 10.6 Å². The van der Waals surface area contributed by atoms with Gasteiger partial charge in [-0.05, 0) is 31.2 Å². The fourth-order valence-electron chi connectivity index (χ4n) is 3.42. The Morgan fingerprint density at radius 1 is 0.903 bits per heavy atom. The number of hydrogen-bond acceptors (Lipinski definition) is 3. The van der Waals surface area contributed by atoms with E-state index in [9.17, 15) is 9.59 Å². The van der Waals surface area contributed by atoms with Crippen LogP contribution in [0, 0.1) is 6.92 Å². The van der Waals surface area contributed by atoms with Crippen LogP contribution in [-0.4, -0.2) is 32.5 Å². The fourth-order valence-corrected chi connectivity index (χ4v) is 3.42. The zero-order chi connectivity index (χ0) is 22.2. The minimum atomic E-state index is -0.559. The van der Waals surface area contributed by atoms with Crippen molar-refractivity contribution in [2.75, 3.05) is 31.3 Å². The van der Waals surface area contributed by atoms with Gasteiger partial charge in [0.25, 0.3) is 11.8 Å². The molecule has 0 aromatic heterocycles. The first-order valence-electron chi connectivity index (χ1n) is 10.1. The number of likely N-dealkylation sites (N-methyl/N-ethyl adjacent to an activating group) is 1. The number of carbonyl (C=O) groups is 2. The average molecular weight is 419 g/mol. The van der Waals surface area contributed by atoms with Crippen molar-refractivity contribution in [2.24, 2.45) is 0 Å². The van der Waals surface area contributed by atoms with E-state index >= 15 is 0 Å². The fraction of sp³-hybridized carbons (Fsp3) is 0.200. The maximum atomic E-state index is 13.2. The van der Waals surface area contributed by atoms with Crippen molar-refractivity contribution < 1.29 is 19.2 Å². The van der Waals surface area contributed by atoms with Gasteiger partial charge in [-0.3, -0.25) is 9.59 Å². The van der Waals surface area contributed by atoms with Crippen molar-refractivity contribution in [1.82, 2.24) is 0 Å². The molecule has 31 heavy (non-hydrogen) atoms. The van der Waals surface area contributed by atoms with Crippen molar-refractivity contribution in [3.8, 4) is 5.75 Å². The third kappa shape index (κ3) is 6.17. The van der Waals surface area contributed by atoms with Gasteiger partial charge in [0.2, 0.25) is 0 Å². The van der Waals surface area contributed by atoms with Crippen LogP contribution in [-0.2, 0) is 9.59 Å². The highest BCUT2D eigenvalue weighted by atomic mass is 16.5. The quantitative estimate of drug-likeness (QED) is 0.527. The monoisotopic (exact) mass is 418 g/mol. The molecule has 3 N–H and O–H groups in total. The molecule has 2 amide bonds. The van der Waals surface area contributed by atoms with Crippen LogP contribution in [0.3, 0.4) is 0 Å². The highest BCUT2D eigenvalue weighted by Crippen LogP contribution is 2.19. The summed E-state index contributed by atoms with van der Waals surface area (Å²) in [7, 11) is 3.43. The van der Waals surface area contributed by atoms with Gasteiger partial charge in [0.05, 0.1) is 14.2 Å². The lowest BCUT2D eigenvalue weighted by Crippen LogP contribution is -3.11. The third-order valence-electron chi connectivity index (χ3n) is 5.00. The predicted octanol–water partition coefficient (Wildman–Crippen LogP) is 2.84. The molecule has 0 bridgehead atoms. The highest BCUT2D eigenvalue weighted by Gasteiger charge is 2.30. The van der Waals surface area contributed by atoms with Gasteiger partial charge in [0.1, 0.15) is 5.75 Å². The molecule has 0 aliphatic heterocycles. The Balaban J connectivity index is 1.75. The minimum absolute atomic E-state index is 0.138. The molecule has 1 unspecified atom stereocenters. The summed E-state index contributed by atoms with van der Waals surface area (Å²) in [4.78, 5) is 26.6. The Morgan fingerprint density at radius 2 is 1.61 bits per heavy atom. The number of carbonyl (C=O) groups excluding carboxylic acids is 2. The molecule has 2 atom stereocenters. The van der Waals surface area contributed by atoms with Gasteiger partial charge in [-0.25, -0.2) is 0 Å². The molecule has 3 aromatic carbocycles. The van der Waals surface area contributed by atoms with Crippen LogP contribution in [0.4, 0.5) is 11.4 Å². The Labute approximate surface area is 182 Å². The Kier molecular flexibility index (Phi) is 7.40. The first-order chi connectivity index (χ1) is 15.0. The summed E-state index contributed by atoms with van der Waals surface area (Å²) in [5.74, 6) is 0.309. The second-order valence-electron chi connectivity index (χ2n) is 7.50. The molecular formula is C25H28N3O3+. The number of benzene rings is 3. The predicted molar refractivity (Wildman–Crippen MR) is 122 cm³/mol. The molecule has 0 aliphatic rings. The maximum absolute atomic E-state index is 13.2. The zero-order valence-corrected chi connectivity index (χ0v) is 18.0. The van der Waals surface area contributed by atoms with Gasteiger partial charge in [0.15, 0.2) is 12.6 Å². The molecule has 0 radical (unpaired) electrons. The molecule has 6 nitrogen and oxygen atoms in total. The van der Waals surface area contributed by atoms with E-state index in [-0.39, 0.29) is 18.4 Å². The van der Waals surface area contributed by atoms with E-state index in [0.717, 1.165) is 21.7 Å². The van der Waals surface area contributed by atoms with Gasteiger partial charge in [0, 0.05) is 23.0 Å². The van der Waals surface area contributed by atoms with E-state index in [1.807, 2.05) is 86.8 Å². The molecule has 3 rings (SSSR count). The van der Waals surface area contributed by atoms with Crippen LogP contribution in [0.25, 0.3) is 0 Å². The number of anilines is 2. The summed E-state index contributed by atoms with van der Waals surface area (Å²) < 4.78 is 5.24. The standard InChI is InChI=1S/C25H27N3O3/c1-18-12-14-20(15-13-18)26-23(29)17-28(2)24(19-8-5-4-6-9-19)25(30)27-21-10-7-11-22(16-21)31-3/h4-16,24H,17H2,1-3H3,(H,26,29)(H,27,30)/p+1/t24-/m0/s1. The van der Waals surface area contributed by atoms with Crippen LogP contribution in [0.1, 0.15) is 17.2 Å². The Morgan fingerprint density at radius 3 is 2.29 bits per heavy atom. The highest BCUT2D eigenvalue weighted by molar-refractivity contribution is 5.95. The lowest BCUT2D eigenvalue weighted by Gasteiger charge is -2.24. The number of rotatable bonds is 8. The van der Waals surface area contributed by atoms with Crippen molar-refractivity contribution in [1.29, 1.82) is 0 Å². The van der Waals surface area contributed by atoms with Crippen molar-refractivity contribution in [2.45, 2.75) is 13.0 Å². The molecule has 0 fully saturated rings. The first kappa shape index (κ1) is 22.1. The third-order valence-corrected chi connectivity index (χ3v) is 5.00. The number of methoxy groups -OCH3 is 1. The van der Waals surface area contributed by atoms with Crippen LogP contribution >= 0.6 is 0 Å². The van der Waals surface area contributed by atoms with Gasteiger partial charge in [-0.15, -0.1) is 0 Å². The zero-order valence-electron chi connectivity index (χ0n) is 18.0. The van der Waals surface area contributed by atoms with E-state index in [0.29, 0.717) is 11.4 Å².